The Morgan fingerprint density at radius 1 is 1.05 bits per heavy atom. The van der Waals surface area contributed by atoms with Gasteiger partial charge in [-0.2, -0.15) is 4.31 Å². The second-order valence-corrected chi connectivity index (χ2v) is 11.4. The molecule has 1 aromatic heterocycles. The fourth-order valence-corrected chi connectivity index (χ4v) is 6.81. The maximum Gasteiger partial charge on any atom is 0.272 e. The molecule has 0 bridgehead atoms. The van der Waals surface area contributed by atoms with E-state index in [1.54, 1.807) is 17.6 Å². The molecule has 0 saturated heterocycles. The molecule has 1 aliphatic carbocycles. The van der Waals surface area contributed by atoms with E-state index in [-0.39, 0.29) is 29.5 Å². The van der Waals surface area contributed by atoms with E-state index in [1.165, 1.54) is 16.8 Å². The number of H-pyrrole nitrogens is 1. The fourth-order valence-electron chi connectivity index (χ4n) is 5.25. The van der Waals surface area contributed by atoms with E-state index in [0.29, 0.717) is 18.1 Å². The summed E-state index contributed by atoms with van der Waals surface area (Å²) in [7, 11) is -4.18. The van der Waals surface area contributed by atoms with Crippen molar-refractivity contribution in [2.24, 2.45) is 0 Å². The highest BCUT2D eigenvalue weighted by molar-refractivity contribution is 7.89. The quantitative estimate of drug-likeness (QED) is 0.320. The number of carbonyl (C=O) groups excluding carboxylic acids is 1. The number of aromatic nitrogens is 2. The Kier molecular flexibility index (Phi) is 7.18. The standard InChI is InChI=1S/C26H30N4O6S/c31-25(28-33)24-23-22(27-30(26(23)32)19-9-5-2-6-10-19)15-16-29(24)37(34,35)21-13-11-20(12-14-21)36-17-18-7-3-1-4-8-18/h1,3-4,7-8,11-14,19,24,27,33H,2,5-6,9-10,15-17H2,(H,28,31). The molecule has 1 amide bonds. The number of rotatable bonds is 7. The fraction of sp³-hybridized carbons (Fsp3) is 0.385. The largest absolute Gasteiger partial charge is 0.489 e. The molecule has 1 atom stereocenters. The van der Waals surface area contributed by atoms with Crippen LogP contribution in [0.25, 0.3) is 0 Å². The van der Waals surface area contributed by atoms with Crippen molar-refractivity contribution in [1.82, 2.24) is 19.6 Å². The highest BCUT2D eigenvalue weighted by Gasteiger charge is 2.44. The summed E-state index contributed by atoms with van der Waals surface area (Å²) in [5.41, 5.74) is 2.71. The lowest BCUT2D eigenvalue weighted by atomic mass is 9.95. The van der Waals surface area contributed by atoms with Gasteiger partial charge in [-0.15, -0.1) is 0 Å². The normalized spacial score (nSPS) is 18.8. The zero-order valence-corrected chi connectivity index (χ0v) is 21.1. The van der Waals surface area contributed by atoms with Gasteiger partial charge in [-0.05, 0) is 42.7 Å². The number of hydrogen-bond acceptors (Lipinski definition) is 6. The van der Waals surface area contributed by atoms with Crippen molar-refractivity contribution in [2.45, 2.75) is 62.1 Å². The van der Waals surface area contributed by atoms with E-state index in [1.807, 2.05) is 30.3 Å². The van der Waals surface area contributed by atoms with Gasteiger partial charge in [-0.3, -0.25) is 19.9 Å². The Morgan fingerprint density at radius 2 is 1.76 bits per heavy atom. The molecule has 0 spiro atoms. The van der Waals surface area contributed by atoms with Gasteiger partial charge in [-0.25, -0.2) is 18.6 Å². The zero-order chi connectivity index (χ0) is 26.0. The molecular weight excluding hydrogens is 496 g/mol. The molecule has 5 rings (SSSR count). The number of ether oxygens (including phenoxy) is 1. The molecule has 2 heterocycles. The maximum absolute atomic E-state index is 13.6. The Labute approximate surface area is 214 Å². The van der Waals surface area contributed by atoms with Crippen molar-refractivity contribution >= 4 is 15.9 Å². The van der Waals surface area contributed by atoms with Crippen molar-refractivity contribution in [2.75, 3.05) is 6.54 Å². The van der Waals surface area contributed by atoms with E-state index >= 15 is 0 Å². The minimum atomic E-state index is -4.18. The molecule has 196 valence electrons. The molecule has 1 saturated carbocycles. The smallest absolute Gasteiger partial charge is 0.272 e. The lowest BCUT2D eigenvalue weighted by Crippen LogP contribution is -2.48. The molecule has 11 heteroatoms. The summed E-state index contributed by atoms with van der Waals surface area (Å²) < 4.78 is 35.6. The van der Waals surface area contributed by atoms with E-state index in [0.717, 1.165) is 42.0 Å². The van der Waals surface area contributed by atoms with E-state index in [2.05, 4.69) is 5.10 Å². The number of nitrogens with zero attached hydrogens (tertiary/aromatic N) is 2. The molecule has 1 unspecified atom stereocenters. The van der Waals surface area contributed by atoms with Gasteiger partial charge in [0, 0.05) is 18.7 Å². The maximum atomic E-state index is 13.6. The van der Waals surface area contributed by atoms with Gasteiger partial charge in [0.15, 0.2) is 0 Å². The van der Waals surface area contributed by atoms with Crippen molar-refractivity contribution in [3.8, 4) is 5.75 Å². The van der Waals surface area contributed by atoms with E-state index < -0.39 is 27.5 Å². The Bertz CT molecular complexity index is 1410. The second kappa shape index (κ2) is 10.5. The second-order valence-electron chi connectivity index (χ2n) is 9.46. The molecule has 1 aliphatic heterocycles. The van der Waals surface area contributed by atoms with E-state index in [9.17, 15) is 23.2 Å². The van der Waals surface area contributed by atoms with E-state index in [4.69, 9.17) is 4.74 Å². The van der Waals surface area contributed by atoms with Crippen LogP contribution >= 0.6 is 0 Å². The van der Waals surface area contributed by atoms with Gasteiger partial charge in [0.05, 0.1) is 16.5 Å². The number of hydrogen-bond donors (Lipinski definition) is 3. The number of nitrogens with one attached hydrogen (secondary N) is 2. The summed E-state index contributed by atoms with van der Waals surface area (Å²) in [5, 5.41) is 12.6. The van der Waals surface area contributed by atoms with Crippen molar-refractivity contribution in [3.05, 3.63) is 81.8 Å². The number of sulfonamides is 1. The monoisotopic (exact) mass is 526 g/mol. The summed E-state index contributed by atoms with van der Waals surface area (Å²) in [4.78, 5) is 26.2. The molecule has 3 N–H and O–H groups in total. The summed E-state index contributed by atoms with van der Waals surface area (Å²) in [5.74, 6) is -0.478. The molecule has 0 radical (unpaired) electrons. The van der Waals surface area contributed by atoms with Crippen molar-refractivity contribution in [3.63, 3.8) is 0 Å². The van der Waals surface area contributed by atoms with Gasteiger partial charge in [-0.1, -0.05) is 49.6 Å². The first-order valence-electron chi connectivity index (χ1n) is 12.5. The van der Waals surface area contributed by atoms with Crippen LogP contribution in [0.5, 0.6) is 5.75 Å². The van der Waals surface area contributed by atoms with Gasteiger partial charge in [0.2, 0.25) is 10.0 Å². The number of hydroxylamine groups is 1. The number of carbonyl (C=O) groups is 1. The Balaban J connectivity index is 1.42. The number of benzene rings is 2. The summed E-state index contributed by atoms with van der Waals surface area (Å²) in [6, 6.07) is 14.0. The van der Waals surface area contributed by atoms with Crippen LogP contribution in [-0.2, 0) is 27.8 Å². The third kappa shape index (κ3) is 4.94. The average Bonchev–Trinajstić information content (AvgIpc) is 3.28. The highest BCUT2D eigenvalue weighted by Crippen LogP contribution is 2.34. The summed E-state index contributed by atoms with van der Waals surface area (Å²) in [6.45, 7) is 0.311. The number of amides is 1. The van der Waals surface area contributed by atoms with Crippen LogP contribution in [0.2, 0.25) is 0 Å². The molecule has 3 aromatic rings. The van der Waals surface area contributed by atoms with Crippen LogP contribution in [0.1, 0.15) is 61.0 Å². The van der Waals surface area contributed by atoms with Crippen LogP contribution in [0, 0.1) is 0 Å². The van der Waals surface area contributed by atoms with Crippen LogP contribution < -0.4 is 15.8 Å². The lowest BCUT2D eigenvalue weighted by molar-refractivity contribution is -0.133. The summed E-state index contributed by atoms with van der Waals surface area (Å²) >= 11 is 0. The average molecular weight is 527 g/mol. The molecule has 10 nitrogen and oxygen atoms in total. The predicted molar refractivity (Wildman–Crippen MR) is 135 cm³/mol. The van der Waals surface area contributed by atoms with Crippen LogP contribution in [0.3, 0.4) is 0 Å². The minimum absolute atomic E-state index is 0.0156. The molecular formula is C26H30N4O6S. The third-order valence-corrected chi connectivity index (χ3v) is 9.03. The first kappa shape index (κ1) is 25.2. The predicted octanol–water partition coefficient (Wildman–Crippen LogP) is 3.05. The zero-order valence-electron chi connectivity index (χ0n) is 20.3. The van der Waals surface area contributed by atoms with Gasteiger partial charge in [0.1, 0.15) is 18.4 Å². The van der Waals surface area contributed by atoms with Gasteiger partial charge >= 0.3 is 0 Å². The molecule has 1 fully saturated rings. The van der Waals surface area contributed by atoms with Gasteiger partial charge < -0.3 is 4.74 Å². The Morgan fingerprint density at radius 3 is 2.43 bits per heavy atom. The van der Waals surface area contributed by atoms with Crippen LogP contribution in [0.4, 0.5) is 0 Å². The third-order valence-electron chi connectivity index (χ3n) is 7.15. The lowest BCUT2D eigenvalue weighted by Gasteiger charge is -2.32. The topological polar surface area (TPSA) is 134 Å². The first-order valence-corrected chi connectivity index (χ1v) is 13.9. The van der Waals surface area contributed by atoms with Crippen molar-refractivity contribution in [1.29, 1.82) is 0 Å². The number of fused-ring (bicyclic) bond motifs is 1. The minimum Gasteiger partial charge on any atom is -0.489 e. The highest BCUT2D eigenvalue weighted by atomic mass is 32.2. The number of aromatic amines is 1. The van der Waals surface area contributed by atoms with Gasteiger partial charge in [0.25, 0.3) is 11.5 Å². The van der Waals surface area contributed by atoms with Crippen molar-refractivity contribution < 1.29 is 23.2 Å². The first-order chi connectivity index (χ1) is 17.9. The molecule has 2 aliphatic rings. The molecule has 2 aromatic carbocycles. The van der Waals surface area contributed by atoms with Crippen LogP contribution in [-0.4, -0.2) is 40.2 Å². The Hall–Kier alpha value is -3.41. The summed E-state index contributed by atoms with van der Waals surface area (Å²) in [6.07, 6.45) is 5.06. The molecule has 37 heavy (non-hydrogen) atoms. The SMILES string of the molecule is O=C(NO)C1c2c([nH]n(C3CCCCC3)c2=O)CCN1S(=O)(=O)c1ccc(OCc2ccccc2)cc1. The van der Waals surface area contributed by atoms with Crippen LogP contribution in [0.15, 0.2) is 64.3 Å².